The highest BCUT2D eigenvalue weighted by molar-refractivity contribution is 6.69. The number of nitrogens with one attached hydrogen (secondary N) is 2. The van der Waals surface area contributed by atoms with Crippen molar-refractivity contribution in [1.82, 2.24) is 19.5 Å². The normalized spacial score (nSPS) is 24.2. The number of hydrazine groups is 2. The molecule has 2 N–H and O–H groups in total. The summed E-state index contributed by atoms with van der Waals surface area (Å²) in [5.41, 5.74) is 0.305. The average Bonchev–Trinajstić information content (AvgIpc) is 2.37. The van der Waals surface area contributed by atoms with Crippen LogP contribution in [0.2, 0.25) is 0 Å². The van der Waals surface area contributed by atoms with Gasteiger partial charge in [0.15, 0.2) is 9.84 Å². The van der Waals surface area contributed by atoms with E-state index in [1.807, 2.05) is 0 Å². The largest absolute Gasteiger partial charge is 0.270 e. The molecule has 0 spiro atoms. The number of rotatable bonds is 1. The summed E-state index contributed by atoms with van der Waals surface area (Å²) in [6, 6.07) is 10.9. The third-order valence-corrected chi connectivity index (χ3v) is 9.29. The zero-order chi connectivity index (χ0) is 15.0. The lowest BCUT2D eigenvalue weighted by Gasteiger charge is -2.51. The fraction of sp³-hybridized carbons (Fsp3) is 0.571. The molecule has 0 amide bonds. The van der Waals surface area contributed by atoms with Crippen molar-refractivity contribution in [1.29, 1.82) is 0 Å². The van der Waals surface area contributed by atoms with Crippen molar-refractivity contribution in [2.75, 3.05) is 0 Å². The Kier molecular flexibility index (Phi) is 4.53. The van der Waals surface area contributed by atoms with E-state index in [1.54, 1.807) is 0 Å². The Balaban J connectivity index is 2.29. The van der Waals surface area contributed by atoms with Gasteiger partial charge in [-0.3, -0.25) is 14.9 Å². The predicted molar refractivity (Wildman–Crippen MR) is 91.2 cm³/mol. The van der Waals surface area contributed by atoms with Crippen molar-refractivity contribution in [3.05, 3.63) is 30.3 Å². The minimum atomic E-state index is -1.45. The number of nitrogens with zero attached hydrogens (tertiary/aromatic N) is 2. The zero-order valence-electron chi connectivity index (χ0n) is 13.6. The van der Waals surface area contributed by atoms with Crippen LogP contribution in [0.3, 0.4) is 0 Å². The van der Waals surface area contributed by atoms with Crippen LogP contribution in [0.4, 0.5) is 0 Å². The molecule has 1 atom stereocenters. The Morgan fingerprint density at radius 3 is 2.05 bits per heavy atom. The van der Waals surface area contributed by atoms with Crippen molar-refractivity contribution < 1.29 is 0 Å². The summed E-state index contributed by atoms with van der Waals surface area (Å²) in [5, 5.41) is 9.05. The molecule has 0 aromatic heterocycles. The molecule has 0 aliphatic carbocycles. The van der Waals surface area contributed by atoms with E-state index in [2.05, 4.69) is 91.4 Å². The number of hydrogen-bond acceptors (Lipinski definition) is 4. The molecule has 1 aliphatic rings. The van der Waals surface area contributed by atoms with Crippen LogP contribution < -0.4 is 15.4 Å². The highest BCUT2D eigenvalue weighted by atomic mass is 28.3. The molecule has 1 saturated heterocycles. The van der Waals surface area contributed by atoms with Crippen LogP contribution in [0.5, 0.6) is 0 Å². The summed E-state index contributed by atoms with van der Waals surface area (Å²) in [5.74, 6) is 0. The second-order valence-electron chi connectivity index (χ2n) is 7.40. The van der Waals surface area contributed by atoms with Crippen LogP contribution >= 0.6 is 0 Å². The molecule has 1 aromatic rings. The Hall–Kier alpha value is -0.506. The minimum Gasteiger partial charge on any atom is -0.270 e. The summed E-state index contributed by atoms with van der Waals surface area (Å²) in [7, 11) is -1.96. The van der Waals surface area contributed by atoms with E-state index < -0.39 is 19.0 Å². The molecule has 0 saturated carbocycles. The highest BCUT2D eigenvalue weighted by Crippen LogP contribution is 2.17. The van der Waals surface area contributed by atoms with Crippen molar-refractivity contribution >= 4 is 24.1 Å². The number of benzene rings is 1. The van der Waals surface area contributed by atoms with Gasteiger partial charge in [-0.2, -0.15) is 0 Å². The fourth-order valence-electron chi connectivity index (χ4n) is 2.40. The van der Waals surface area contributed by atoms with Crippen molar-refractivity contribution in [3.8, 4) is 0 Å². The molecule has 20 heavy (non-hydrogen) atoms. The first kappa shape index (κ1) is 15.9. The molecule has 0 bridgehead atoms. The first-order valence-electron chi connectivity index (χ1n) is 7.31. The summed E-state index contributed by atoms with van der Waals surface area (Å²) in [6.07, 6.45) is 0. The van der Waals surface area contributed by atoms with Gasteiger partial charge in [0, 0.05) is 11.1 Å². The summed E-state index contributed by atoms with van der Waals surface area (Å²) >= 11 is 0. The summed E-state index contributed by atoms with van der Waals surface area (Å²) < 4.78 is 4.95. The number of hydrogen-bond donors (Lipinski definition) is 2. The van der Waals surface area contributed by atoms with Gasteiger partial charge in [-0.15, -0.1) is 0 Å². The van der Waals surface area contributed by atoms with Gasteiger partial charge in [0.05, 0.1) is 0 Å². The van der Waals surface area contributed by atoms with Crippen LogP contribution in [-0.4, -0.2) is 39.4 Å². The first-order chi connectivity index (χ1) is 9.19. The zero-order valence-corrected chi connectivity index (χ0v) is 16.1. The quantitative estimate of drug-likeness (QED) is 0.733. The topological polar surface area (TPSA) is 30.5 Å². The van der Waals surface area contributed by atoms with Crippen LogP contribution in [0.15, 0.2) is 30.3 Å². The van der Waals surface area contributed by atoms with Crippen molar-refractivity contribution in [3.63, 3.8) is 0 Å². The van der Waals surface area contributed by atoms with Gasteiger partial charge in [-0.25, -0.2) is 4.67 Å². The van der Waals surface area contributed by atoms with Crippen LogP contribution in [0, 0.1) is 0 Å². The minimum absolute atomic E-state index is 0.136. The summed E-state index contributed by atoms with van der Waals surface area (Å²) in [4.78, 5) is 0. The van der Waals surface area contributed by atoms with Gasteiger partial charge in [0.25, 0.3) is 0 Å². The molecule has 1 unspecified atom stereocenters. The monoisotopic (exact) mass is 308 g/mol. The van der Waals surface area contributed by atoms with E-state index in [4.69, 9.17) is 0 Å². The second kappa shape index (κ2) is 5.71. The van der Waals surface area contributed by atoms with Gasteiger partial charge in [-0.05, 0) is 46.7 Å². The van der Waals surface area contributed by atoms with Crippen LogP contribution in [-0.2, 0) is 0 Å². The maximum Gasteiger partial charge on any atom is 0.247 e. The lowest BCUT2D eigenvalue weighted by molar-refractivity contribution is 0.142. The summed E-state index contributed by atoms with van der Waals surface area (Å²) in [6.45, 7) is 13.7. The Labute approximate surface area is 127 Å². The maximum atomic E-state index is 3.86. The molecule has 1 heterocycles. The van der Waals surface area contributed by atoms with E-state index in [1.165, 1.54) is 5.19 Å². The molecule has 2 rings (SSSR count). The Morgan fingerprint density at radius 2 is 1.55 bits per heavy atom. The Morgan fingerprint density at radius 1 is 0.950 bits per heavy atom. The first-order valence-corrected chi connectivity index (χ1v) is 10.3. The molecular formula is C14H28N4Si2. The molecule has 4 nitrogen and oxygen atoms in total. The van der Waals surface area contributed by atoms with Gasteiger partial charge in [-0.1, -0.05) is 30.3 Å². The third kappa shape index (κ3) is 3.57. The van der Waals surface area contributed by atoms with Gasteiger partial charge in [0.1, 0.15) is 0 Å². The van der Waals surface area contributed by atoms with Crippen molar-refractivity contribution in [2.45, 2.75) is 52.6 Å². The van der Waals surface area contributed by atoms with Gasteiger partial charge >= 0.3 is 0 Å². The molecule has 0 radical (unpaired) electrons. The molecule has 1 aliphatic heterocycles. The van der Waals surface area contributed by atoms with E-state index >= 15 is 0 Å². The molecule has 1 aromatic carbocycles. The van der Waals surface area contributed by atoms with Gasteiger partial charge < -0.3 is 0 Å². The van der Waals surface area contributed by atoms with Gasteiger partial charge in [0.2, 0.25) is 9.12 Å². The lowest BCUT2D eigenvalue weighted by atomic mass is 10.1. The van der Waals surface area contributed by atoms with E-state index in [0.29, 0.717) is 0 Å². The maximum absolute atomic E-state index is 3.86. The van der Waals surface area contributed by atoms with Crippen LogP contribution in [0.25, 0.3) is 0 Å². The Bertz CT molecular complexity index is 439. The average molecular weight is 309 g/mol. The SMILES string of the molecule is CC(C)(C)N1N[SiH](c2ccccc2)N(C(C)(C)C)N[SiH2]1. The predicted octanol–water partition coefficient (Wildman–Crippen LogP) is 0.337. The molecule has 1 fully saturated rings. The second-order valence-corrected chi connectivity index (χ2v) is 10.9. The molecule has 112 valence electrons. The fourth-order valence-corrected chi connectivity index (χ4v) is 8.11. The molecular weight excluding hydrogens is 280 g/mol. The standard InChI is InChI=1S/C14H28N4Si2/c1-13(2,3)17-16-20(12-10-8-7-9-11-12)18(15-19-17)14(4,5)6/h7-11,15-16,20H,19H2,1-6H3. The third-order valence-electron chi connectivity index (χ3n) is 3.58. The van der Waals surface area contributed by atoms with Crippen molar-refractivity contribution in [2.24, 2.45) is 0 Å². The van der Waals surface area contributed by atoms with Crippen LogP contribution in [0.1, 0.15) is 41.5 Å². The van der Waals surface area contributed by atoms with E-state index in [0.717, 1.165) is 0 Å². The lowest BCUT2D eigenvalue weighted by Crippen LogP contribution is -2.80. The van der Waals surface area contributed by atoms with E-state index in [9.17, 15) is 0 Å². The van der Waals surface area contributed by atoms with E-state index in [-0.39, 0.29) is 11.1 Å². The highest BCUT2D eigenvalue weighted by Gasteiger charge is 2.38. The smallest absolute Gasteiger partial charge is 0.247 e. The molecule has 6 heteroatoms.